The number of pyridine rings is 1. The number of benzene rings is 2. The van der Waals surface area contributed by atoms with Gasteiger partial charge in [0.2, 0.25) is 5.91 Å². The maximum Gasteiger partial charge on any atom is 0.251 e. The van der Waals surface area contributed by atoms with Crippen LogP contribution in [0.25, 0.3) is 11.0 Å². The number of amides is 2. The highest BCUT2D eigenvalue weighted by molar-refractivity contribution is 6.05. The molecule has 4 aromatic rings. The average molecular weight is 454 g/mol. The molecule has 7 heteroatoms. The van der Waals surface area contributed by atoms with E-state index in [1.54, 1.807) is 24.7 Å². The van der Waals surface area contributed by atoms with Crippen molar-refractivity contribution in [3.8, 4) is 0 Å². The number of anilines is 1. The quantitative estimate of drug-likeness (QED) is 0.452. The normalized spacial score (nSPS) is 15.0. The molecule has 1 atom stereocenters. The van der Waals surface area contributed by atoms with Crippen molar-refractivity contribution in [1.29, 1.82) is 0 Å². The number of imidazole rings is 1. The minimum atomic E-state index is -0.197. The van der Waals surface area contributed by atoms with Gasteiger partial charge in [-0.25, -0.2) is 4.98 Å². The highest BCUT2D eigenvalue weighted by Gasteiger charge is 2.23. The molecule has 0 saturated heterocycles. The van der Waals surface area contributed by atoms with E-state index in [0.29, 0.717) is 23.3 Å². The monoisotopic (exact) mass is 453 g/mol. The van der Waals surface area contributed by atoms with E-state index in [2.05, 4.69) is 32.7 Å². The third-order valence-corrected chi connectivity index (χ3v) is 6.30. The Morgan fingerprint density at radius 2 is 1.94 bits per heavy atom. The van der Waals surface area contributed by atoms with E-state index in [1.165, 1.54) is 18.1 Å². The molecule has 2 aromatic carbocycles. The van der Waals surface area contributed by atoms with Crippen LogP contribution in [-0.2, 0) is 24.2 Å². The summed E-state index contributed by atoms with van der Waals surface area (Å²) in [4.78, 5) is 34.1. The van der Waals surface area contributed by atoms with E-state index >= 15 is 0 Å². The van der Waals surface area contributed by atoms with Gasteiger partial charge in [-0.05, 0) is 54.7 Å². The molecule has 1 aliphatic carbocycles. The van der Waals surface area contributed by atoms with Crippen LogP contribution in [0.2, 0.25) is 0 Å². The lowest BCUT2D eigenvalue weighted by Gasteiger charge is -2.26. The second-order valence-corrected chi connectivity index (χ2v) is 8.70. The van der Waals surface area contributed by atoms with Crippen LogP contribution in [0.15, 0.2) is 67.1 Å². The highest BCUT2D eigenvalue weighted by Crippen LogP contribution is 2.31. The maximum absolute atomic E-state index is 13.3. The fourth-order valence-electron chi connectivity index (χ4n) is 4.72. The Hall–Kier alpha value is -4.00. The van der Waals surface area contributed by atoms with E-state index in [9.17, 15) is 9.59 Å². The first-order valence-corrected chi connectivity index (χ1v) is 11.6. The van der Waals surface area contributed by atoms with Gasteiger partial charge in [0.1, 0.15) is 0 Å². The summed E-state index contributed by atoms with van der Waals surface area (Å²) in [5.41, 5.74) is 5.98. The molecule has 0 aliphatic heterocycles. The Bertz CT molecular complexity index is 1350. The number of nitrogens with one attached hydrogen (secondary N) is 2. The van der Waals surface area contributed by atoms with Crippen molar-refractivity contribution in [3.63, 3.8) is 0 Å². The Morgan fingerprint density at radius 1 is 1.09 bits per heavy atom. The summed E-state index contributed by atoms with van der Waals surface area (Å²) in [6, 6.07) is 17.6. The zero-order valence-corrected chi connectivity index (χ0v) is 19.1. The van der Waals surface area contributed by atoms with Crippen molar-refractivity contribution in [1.82, 2.24) is 19.9 Å². The Balaban J connectivity index is 1.43. The first-order valence-electron chi connectivity index (χ1n) is 11.6. The molecule has 172 valence electrons. The van der Waals surface area contributed by atoms with Crippen LogP contribution in [0, 0.1) is 0 Å². The SMILES string of the molecule is CC(=O)Nc1cc(C(=O)NC2CCCc3ccccc32)cc2ncn(CCc3ccccn3)c12. The van der Waals surface area contributed by atoms with Gasteiger partial charge in [0.05, 0.1) is 29.1 Å². The lowest BCUT2D eigenvalue weighted by molar-refractivity contribution is -0.114. The topological polar surface area (TPSA) is 88.9 Å². The molecule has 0 saturated carbocycles. The number of hydrogen-bond donors (Lipinski definition) is 2. The van der Waals surface area contributed by atoms with Crippen LogP contribution in [0.5, 0.6) is 0 Å². The highest BCUT2D eigenvalue weighted by atomic mass is 16.2. The van der Waals surface area contributed by atoms with Gasteiger partial charge in [0, 0.05) is 37.3 Å². The van der Waals surface area contributed by atoms with Gasteiger partial charge >= 0.3 is 0 Å². The van der Waals surface area contributed by atoms with E-state index in [0.717, 1.165) is 36.9 Å². The largest absolute Gasteiger partial charge is 0.345 e. The van der Waals surface area contributed by atoms with Crippen molar-refractivity contribution in [3.05, 3.63) is 89.5 Å². The maximum atomic E-state index is 13.3. The number of aryl methyl sites for hydroxylation is 3. The molecule has 2 amide bonds. The van der Waals surface area contributed by atoms with Gasteiger partial charge in [-0.2, -0.15) is 0 Å². The fourth-order valence-corrected chi connectivity index (χ4v) is 4.72. The van der Waals surface area contributed by atoms with Gasteiger partial charge in [0.15, 0.2) is 0 Å². The first-order chi connectivity index (χ1) is 16.6. The van der Waals surface area contributed by atoms with Crippen LogP contribution in [0.3, 0.4) is 0 Å². The van der Waals surface area contributed by atoms with Crippen LogP contribution < -0.4 is 10.6 Å². The van der Waals surface area contributed by atoms with Crippen LogP contribution in [0.4, 0.5) is 5.69 Å². The van der Waals surface area contributed by atoms with Gasteiger partial charge < -0.3 is 15.2 Å². The van der Waals surface area contributed by atoms with Gasteiger partial charge in [-0.3, -0.25) is 14.6 Å². The molecule has 5 rings (SSSR count). The molecule has 7 nitrogen and oxygen atoms in total. The van der Waals surface area contributed by atoms with Crippen LogP contribution in [0.1, 0.15) is 53.0 Å². The standard InChI is InChI=1S/C27H27N5O2/c1-18(33)30-25-16-20(27(34)31-23-11-6-8-19-7-2-3-10-22(19)23)15-24-26(25)32(17-29-24)14-12-21-9-4-5-13-28-21/h2-5,7,9-10,13,15-17,23H,6,8,11-12,14H2,1H3,(H,30,33)(H,31,34). The van der Waals surface area contributed by atoms with Gasteiger partial charge in [0.25, 0.3) is 5.91 Å². The Kier molecular flexibility index (Phi) is 6.08. The number of fused-ring (bicyclic) bond motifs is 2. The molecule has 0 radical (unpaired) electrons. The minimum Gasteiger partial charge on any atom is -0.345 e. The van der Waals surface area contributed by atoms with Gasteiger partial charge in [-0.1, -0.05) is 30.3 Å². The smallest absolute Gasteiger partial charge is 0.251 e. The predicted molar refractivity (Wildman–Crippen MR) is 132 cm³/mol. The predicted octanol–water partition coefficient (Wildman–Crippen LogP) is 4.44. The van der Waals surface area contributed by atoms with E-state index < -0.39 is 0 Å². The summed E-state index contributed by atoms with van der Waals surface area (Å²) in [6.45, 7) is 2.12. The minimum absolute atomic E-state index is 0.0201. The summed E-state index contributed by atoms with van der Waals surface area (Å²) in [7, 11) is 0. The second kappa shape index (κ2) is 9.47. The Labute approximate surface area is 198 Å². The third kappa shape index (κ3) is 4.55. The molecule has 1 aliphatic rings. The second-order valence-electron chi connectivity index (χ2n) is 8.70. The van der Waals surface area contributed by atoms with E-state index in [4.69, 9.17) is 0 Å². The molecular weight excluding hydrogens is 426 g/mol. The fraction of sp³-hybridized carbons (Fsp3) is 0.259. The van der Waals surface area contributed by atoms with Crippen molar-refractivity contribution in [2.24, 2.45) is 0 Å². The Morgan fingerprint density at radius 3 is 2.76 bits per heavy atom. The molecule has 2 N–H and O–H groups in total. The number of nitrogens with zero attached hydrogens (tertiary/aromatic N) is 3. The number of carbonyl (C=O) groups excluding carboxylic acids is 2. The number of aromatic nitrogens is 3. The summed E-state index contributed by atoms with van der Waals surface area (Å²) in [5, 5.41) is 6.09. The average Bonchev–Trinajstić information content (AvgIpc) is 3.26. The number of rotatable bonds is 6. The van der Waals surface area contributed by atoms with Crippen LogP contribution >= 0.6 is 0 Å². The van der Waals surface area contributed by atoms with Crippen molar-refractivity contribution in [2.75, 3.05) is 5.32 Å². The van der Waals surface area contributed by atoms with E-state index in [1.807, 2.05) is 34.9 Å². The van der Waals surface area contributed by atoms with Crippen molar-refractivity contribution in [2.45, 2.75) is 45.2 Å². The lowest BCUT2D eigenvalue weighted by atomic mass is 9.87. The molecule has 2 aromatic heterocycles. The molecular formula is C27H27N5O2. The molecule has 0 spiro atoms. The lowest BCUT2D eigenvalue weighted by Crippen LogP contribution is -2.31. The first kappa shape index (κ1) is 21.8. The third-order valence-electron chi connectivity index (χ3n) is 6.30. The number of hydrogen-bond acceptors (Lipinski definition) is 4. The zero-order chi connectivity index (χ0) is 23.5. The van der Waals surface area contributed by atoms with Crippen molar-refractivity contribution < 1.29 is 9.59 Å². The van der Waals surface area contributed by atoms with E-state index in [-0.39, 0.29) is 17.9 Å². The van der Waals surface area contributed by atoms with Crippen molar-refractivity contribution >= 4 is 28.5 Å². The molecule has 0 bridgehead atoms. The molecule has 0 fully saturated rings. The number of carbonyl (C=O) groups is 2. The molecule has 1 unspecified atom stereocenters. The summed E-state index contributed by atoms with van der Waals surface area (Å²) in [6.07, 6.45) is 7.24. The summed E-state index contributed by atoms with van der Waals surface area (Å²) in [5.74, 6) is -0.365. The zero-order valence-electron chi connectivity index (χ0n) is 19.1. The molecule has 2 heterocycles. The summed E-state index contributed by atoms with van der Waals surface area (Å²) >= 11 is 0. The summed E-state index contributed by atoms with van der Waals surface area (Å²) < 4.78 is 1.99. The van der Waals surface area contributed by atoms with Crippen LogP contribution in [-0.4, -0.2) is 26.3 Å². The van der Waals surface area contributed by atoms with Gasteiger partial charge in [-0.15, -0.1) is 0 Å². The molecule has 34 heavy (non-hydrogen) atoms.